The third-order valence-corrected chi connectivity index (χ3v) is 3.37. The van der Waals surface area contributed by atoms with Crippen LogP contribution in [-0.4, -0.2) is 42.8 Å². The van der Waals surface area contributed by atoms with E-state index < -0.39 is 4.92 Å². The zero-order chi connectivity index (χ0) is 16.8. The van der Waals surface area contributed by atoms with Crippen LogP contribution < -0.4 is 5.32 Å². The lowest BCUT2D eigenvalue weighted by molar-refractivity contribution is -0.384. The molecule has 0 aromatic heterocycles. The Balaban J connectivity index is 2.25. The fraction of sp³-hybridized carbons (Fsp3) is 0.235. The van der Waals surface area contributed by atoms with Gasteiger partial charge >= 0.3 is 0 Å². The van der Waals surface area contributed by atoms with Gasteiger partial charge in [-0.2, -0.15) is 0 Å². The standard InChI is InChI=1S/C17H19N3O3/c1-19(2)11-10-18-15-9-8-14(12-16(15)20(22)23)17(21)13-6-4-3-5-7-13/h3-9,12,18H,10-11H2,1-2H3. The number of rotatable bonds is 7. The van der Waals surface area contributed by atoms with Crippen LogP contribution in [0.15, 0.2) is 48.5 Å². The Bertz CT molecular complexity index is 699. The van der Waals surface area contributed by atoms with Crippen molar-refractivity contribution in [2.75, 3.05) is 32.5 Å². The van der Waals surface area contributed by atoms with E-state index in [0.29, 0.717) is 23.4 Å². The van der Waals surface area contributed by atoms with E-state index in [1.807, 2.05) is 25.1 Å². The molecule has 0 atom stereocenters. The van der Waals surface area contributed by atoms with Gasteiger partial charge in [0.1, 0.15) is 5.69 Å². The smallest absolute Gasteiger partial charge is 0.293 e. The molecule has 0 aliphatic heterocycles. The summed E-state index contributed by atoms with van der Waals surface area (Å²) in [5, 5.41) is 14.3. The van der Waals surface area contributed by atoms with Crippen molar-refractivity contribution in [3.63, 3.8) is 0 Å². The van der Waals surface area contributed by atoms with Crippen LogP contribution in [0.4, 0.5) is 11.4 Å². The number of benzene rings is 2. The second-order valence-corrected chi connectivity index (χ2v) is 5.41. The summed E-state index contributed by atoms with van der Waals surface area (Å²) in [5.74, 6) is -0.228. The summed E-state index contributed by atoms with van der Waals surface area (Å²) < 4.78 is 0. The Morgan fingerprint density at radius 3 is 2.43 bits per heavy atom. The first-order valence-electron chi connectivity index (χ1n) is 7.26. The lowest BCUT2D eigenvalue weighted by Gasteiger charge is -2.12. The van der Waals surface area contributed by atoms with Crippen molar-refractivity contribution in [1.82, 2.24) is 4.90 Å². The molecule has 0 amide bonds. The number of likely N-dealkylation sites (N-methyl/N-ethyl adjacent to an activating group) is 1. The molecule has 0 saturated carbocycles. The van der Waals surface area contributed by atoms with Crippen LogP contribution in [0.3, 0.4) is 0 Å². The molecule has 0 spiro atoms. The number of carbonyl (C=O) groups is 1. The minimum absolute atomic E-state index is 0.0921. The van der Waals surface area contributed by atoms with E-state index in [1.165, 1.54) is 6.07 Å². The molecule has 2 aromatic rings. The summed E-state index contributed by atoms with van der Waals surface area (Å²) in [6, 6.07) is 13.3. The van der Waals surface area contributed by atoms with Crippen molar-refractivity contribution >= 4 is 17.2 Å². The highest BCUT2D eigenvalue weighted by Crippen LogP contribution is 2.26. The molecule has 2 aromatic carbocycles. The molecule has 23 heavy (non-hydrogen) atoms. The number of carbonyl (C=O) groups excluding carboxylic acids is 1. The third kappa shape index (κ3) is 4.37. The highest BCUT2D eigenvalue weighted by Gasteiger charge is 2.18. The highest BCUT2D eigenvalue weighted by molar-refractivity contribution is 6.09. The Hall–Kier alpha value is -2.73. The van der Waals surface area contributed by atoms with Crippen molar-refractivity contribution in [3.8, 4) is 0 Å². The maximum Gasteiger partial charge on any atom is 0.293 e. The predicted octanol–water partition coefficient (Wildman–Crippen LogP) is 2.80. The number of nitro benzene ring substituents is 1. The number of hydrogen-bond acceptors (Lipinski definition) is 5. The van der Waals surface area contributed by atoms with Gasteiger partial charge in [-0.25, -0.2) is 0 Å². The van der Waals surface area contributed by atoms with Crippen LogP contribution in [0, 0.1) is 10.1 Å². The number of ketones is 1. The van der Waals surface area contributed by atoms with E-state index in [2.05, 4.69) is 5.32 Å². The molecular weight excluding hydrogens is 294 g/mol. The first-order chi connectivity index (χ1) is 11.0. The van der Waals surface area contributed by atoms with Crippen LogP contribution in [0.1, 0.15) is 15.9 Å². The van der Waals surface area contributed by atoms with Crippen LogP contribution in [0.2, 0.25) is 0 Å². The van der Waals surface area contributed by atoms with Crippen LogP contribution in [0.25, 0.3) is 0 Å². The molecule has 2 rings (SSSR count). The number of hydrogen-bond donors (Lipinski definition) is 1. The summed E-state index contributed by atoms with van der Waals surface area (Å²) in [5.41, 5.74) is 1.14. The first kappa shape index (κ1) is 16.6. The summed E-state index contributed by atoms with van der Waals surface area (Å²) >= 11 is 0. The zero-order valence-corrected chi connectivity index (χ0v) is 13.2. The Morgan fingerprint density at radius 2 is 1.83 bits per heavy atom. The molecule has 0 saturated heterocycles. The van der Waals surface area contributed by atoms with Gasteiger partial charge < -0.3 is 10.2 Å². The maximum absolute atomic E-state index is 12.4. The SMILES string of the molecule is CN(C)CCNc1ccc(C(=O)c2ccccc2)cc1[N+](=O)[O-]. The average Bonchev–Trinajstić information content (AvgIpc) is 2.54. The van der Waals surface area contributed by atoms with Crippen molar-refractivity contribution in [3.05, 3.63) is 69.8 Å². The molecule has 120 valence electrons. The Labute approximate surface area is 134 Å². The predicted molar refractivity (Wildman–Crippen MR) is 90.0 cm³/mol. The molecule has 6 heteroatoms. The maximum atomic E-state index is 12.4. The zero-order valence-electron chi connectivity index (χ0n) is 13.2. The van der Waals surface area contributed by atoms with E-state index in [1.54, 1.807) is 36.4 Å². The van der Waals surface area contributed by atoms with Gasteiger partial charge in [0.25, 0.3) is 5.69 Å². The van der Waals surface area contributed by atoms with Crippen molar-refractivity contribution in [2.24, 2.45) is 0 Å². The molecule has 0 bridgehead atoms. The normalized spacial score (nSPS) is 10.6. The van der Waals surface area contributed by atoms with Gasteiger partial charge in [-0.3, -0.25) is 14.9 Å². The van der Waals surface area contributed by atoms with Crippen molar-refractivity contribution in [2.45, 2.75) is 0 Å². The summed E-state index contributed by atoms with van der Waals surface area (Å²) in [6.45, 7) is 1.33. The molecule has 0 aliphatic carbocycles. The van der Waals surface area contributed by atoms with Crippen LogP contribution >= 0.6 is 0 Å². The quantitative estimate of drug-likeness (QED) is 0.483. The lowest BCUT2D eigenvalue weighted by atomic mass is 10.0. The second-order valence-electron chi connectivity index (χ2n) is 5.41. The minimum Gasteiger partial charge on any atom is -0.378 e. The van der Waals surface area contributed by atoms with Gasteiger partial charge in [0.15, 0.2) is 5.78 Å². The monoisotopic (exact) mass is 313 g/mol. The van der Waals surface area contributed by atoms with Crippen LogP contribution in [-0.2, 0) is 0 Å². The average molecular weight is 313 g/mol. The van der Waals surface area contributed by atoms with Gasteiger partial charge in [-0.05, 0) is 26.2 Å². The minimum atomic E-state index is -0.472. The Kier molecular flexibility index (Phi) is 5.43. The fourth-order valence-electron chi connectivity index (χ4n) is 2.14. The van der Waals surface area contributed by atoms with Gasteiger partial charge in [0.05, 0.1) is 4.92 Å². The third-order valence-electron chi connectivity index (χ3n) is 3.37. The number of nitrogens with zero attached hydrogens (tertiary/aromatic N) is 2. The highest BCUT2D eigenvalue weighted by atomic mass is 16.6. The number of nitro groups is 1. The van der Waals surface area contributed by atoms with Crippen LogP contribution in [0.5, 0.6) is 0 Å². The van der Waals surface area contributed by atoms with Crippen molar-refractivity contribution in [1.29, 1.82) is 0 Å². The summed E-state index contributed by atoms with van der Waals surface area (Å²) in [4.78, 5) is 25.2. The van der Waals surface area contributed by atoms with E-state index in [0.717, 1.165) is 6.54 Å². The molecule has 1 N–H and O–H groups in total. The summed E-state index contributed by atoms with van der Waals surface area (Å²) in [6.07, 6.45) is 0. The van der Waals surface area contributed by atoms with E-state index >= 15 is 0 Å². The van der Waals surface area contributed by atoms with Gasteiger partial charge in [-0.1, -0.05) is 30.3 Å². The molecular formula is C17H19N3O3. The van der Waals surface area contributed by atoms with Gasteiger partial charge in [0, 0.05) is 30.3 Å². The topological polar surface area (TPSA) is 75.5 Å². The Morgan fingerprint density at radius 1 is 1.13 bits per heavy atom. The van der Waals surface area contributed by atoms with E-state index in [9.17, 15) is 14.9 Å². The van der Waals surface area contributed by atoms with Crippen molar-refractivity contribution < 1.29 is 9.72 Å². The largest absolute Gasteiger partial charge is 0.378 e. The number of anilines is 1. The fourth-order valence-corrected chi connectivity index (χ4v) is 2.14. The second kappa shape index (κ2) is 7.51. The molecule has 0 aliphatic rings. The molecule has 0 unspecified atom stereocenters. The van der Waals surface area contributed by atoms with Gasteiger partial charge in [0.2, 0.25) is 0 Å². The first-order valence-corrected chi connectivity index (χ1v) is 7.26. The van der Waals surface area contributed by atoms with E-state index in [-0.39, 0.29) is 11.5 Å². The van der Waals surface area contributed by atoms with Gasteiger partial charge in [-0.15, -0.1) is 0 Å². The number of nitrogens with one attached hydrogen (secondary N) is 1. The van der Waals surface area contributed by atoms with E-state index in [4.69, 9.17) is 0 Å². The molecule has 6 nitrogen and oxygen atoms in total. The molecule has 0 radical (unpaired) electrons. The molecule has 0 fully saturated rings. The summed E-state index contributed by atoms with van der Waals surface area (Å²) in [7, 11) is 3.86. The molecule has 0 heterocycles. The lowest BCUT2D eigenvalue weighted by Crippen LogP contribution is -2.21.